The minimum atomic E-state index is 0.327. The van der Waals surface area contributed by atoms with Crippen molar-refractivity contribution < 1.29 is 4.79 Å². The van der Waals surface area contributed by atoms with E-state index in [4.69, 9.17) is 0 Å². The van der Waals surface area contributed by atoms with Gasteiger partial charge in [0.05, 0.1) is 0 Å². The highest BCUT2D eigenvalue weighted by Crippen LogP contribution is 2.17. The predicted octanol–water partition coefficient (Wildman–Crippen LogP) is 2.21. The summed E-state index contributed by atoms with van der Waals surface area (Å²) in [5.74, 6) is 1.20. The lowest BCUT2D eigenvalue weighted by atomic mass is 10.1. The molecule has 0 aliphatic carbocycles. The van der Waals surface area contributed by atoms with Crippen LogP contribution in [0.4, 0.5) is 0 Å². The Hall–Kier alpha value is -1.30. The number of nitrogens with zero attached hydrogens (tertiary/aromatic N) is 3. The Morgan fingerprint density at radius 2 is 1.81 bits per heavy atom. The number of hydrogen-bond donors (Lipinski definition) is 2. The molecule has 2 N–H and O–H groups in total. The largest absolute Gasteiger partial charge is 0.356 e. The topological polar surface area (TPSA) is 60.0 Å². The van der Waals surface area contributed by atoms with Crippen molar-refractivity contribution in [2.45, 2.75) is 70.8 Å². The lowest BCUT2D eigenvalue weighted by Gasteiger charge is -2.27. The van der Waals surface area contributed by atoms with Crippen molar-refractivity contribution in [2.24, 2.45) is 4.99 Å². The van der Waals surface area contributed by atoms with E-state index in [2.05, 4.69) is 32.3 Å². The first-order valence-corrected chi connectivity index (χ1v) is 10.7. The lowest BCUT2D eigenvalue weighted by molar-refractivity contribution is -0.129. The molecular weight excluding hydrogens is 326 g/mol. The van der Waals surface area contributed by atoms with E-state index in [1.165, 1.54) is 45.3 Å². The van der Waals surface area contributed by atoms with E-state index in [-0.39, 0.29) is 0 Å². The zero-order valence-corrected chi connectivity index (χ0v) is 16.9. The second-order valence-electron chi connectivity index (χ2n) is 7.58. The Morgan fingerprint density at radius 3 is 2.42 bits per heavy atom. The molecule has 2 rings (SSSR count). The SMILES string of the molecule is CCC(CCNC(=NC)NCCCN1CCCCCC1)N1CCCC1=O. The molecule has 0 radical (unpaired) electrons. The number of rotatable bonds is 9. The Balaban J connectivity index is 1.59. The maximum Gasteiger partial charge on any atom is 0.222 e. The molecule has 26 heavy (non-hydrogen) atoms. The van der Waals surface area contributed by atoms with Crippen molar-refractivity contribution in [1.29, 1.82) is 0 Å². The first-order chi connectivity index (χ1) is 12.7. The van der Waals surface area contributed by atoms with Crippen LogP contribution in [0.3, 0.4) is 0 Å². The van der Waals surface area contributed by atoms with E-state index < -0.39 is 0 Å². The fourth-order valence-electron chi connectivity index (χ4n) is 4.08. The Morgan fingerprint density at radius 1 is 1.08 bits per heavy atom. The van der Waals surface area contributed by atoms with Crippen molar-refractivity contribution in [3.63, 3.8) is 0 Å². The third kappa shape index (κ3) is 7.14. The van der Waals surface area contributed by atoms with Crippen LogP contribution in [0.5, 0.6) is 0 Å². The van der Waals surface area contributed by atoms with Crippen molar-refractivity contribution in [3.05, 3.63) is 0 Å². The second kappa shape index (κ2) is 12.2. The van der Waals surface area contributed by atoms with Gasteiger partial charge in [-0.05, 0) is 58.2 Å². The van der Waals surface area contributed by atoms with Gasteiger partial charge in [0.15, 0.2) is 5.96 Å². The molecule has 2 aliphatic rings. The van der Waals surface area contributed by atoms with Gasteiger partial charge in [-0.1, -0.05) is 19.8 Å². The summed E-state index contributed by atoms with van der Waals surface area (Å²) in [6.45, 7) is 8.62. The van der Waals surface area contributed by atoms with E-state index in [0.717, 1.165) is 57.7 Å². The predicted molar refractivity (Wildman–Crippen MR) is 109 cm³/mol. The van der Waals surface area contributed by atoms with Crippen molar-refractivity contribution >= 4 is 11.9 Å². The molecule has 1 amide bonds. The third-order valence-corrected chi connectivity index (χ3v) is 5.66. The number of carbonyl (C=O) groups excluding carboxylic acids is 1. The highest BCUT2D eigenvalue weighted by Gasteiger charge is 2.26. The first kappa shape index (κ1) is 21.0. The summed E-state index contributed by atoms with van der Waals surface area (Å²) in [5.41, 5.74) is 0. The molecule has 1 unspecified atom stereocenters. The van der Waals surface area contributed by atoms with Gasteiger partial charge in [-0.15, -0.1) is 0 Å². The zero-order chi connectivity index (χ0) is 18.6. The van der Waals surface area contributed by atoms with Gasteiger partial charge in [-0.25, -0.2) is 0 Å². The maximum absolute atomic E-state index is 11.9. The van der Waals surface area contributed by atoms with E-state index >= 15 is 0 Å². The molecule has 0 saturated carbocycles. The van der Waals surface area contributed by atoms with Crippen LogP contribution < -0.4 is 10.6 Å². The second-order valence-corrected chi connectivity index (χ2v) is 7.58. The molecule has 0 bridgehead atoms. The van der Waals surface area contributed by atoms with Gasteiger partial charge in [0.2, 0.25) is 5.91 Å². The first-order valence-electron chi connectivity index (χ1n) is 10.7. The summed E-state index contributed by atoms with van der Waals surface area (Å²) in [7, 11) is 1.82. The van der Waals surface area contributed by atoms with Crippen molar-refractivity contribution in [3.8, 4) is 0 Å². The molecule has 2 aliphatic heterocycles. The van der Waals surface area contributed by atoms with E-state index in [0.29, 0.717) is 11.9 Å². The Kier molecular flexibility index (Phi) is 9.82. The van der Waals surface area contributed by atoms with Gasteiger partial charge >= 0.3 is 0 Å². The number of nitrogens with one attached hydrogen (secondary N) is 2. The van der Waals surface area contributed by atoms with Gasteiger partial charge in [-0.3, -0.25) is 9.79 Å². The fourth-order valence-corrected chi connectivity index (χ4v) is 4.08. The standard InChI is InChI=1S/C20H39N5O/c1-3-18(25-17-8-10-19(25)26)11-13-23-20(21-2)22-12-9-16-24-14-6-4-5-7-15-24/h18H,3-17H2,1-2H3,(H2,21,22,23). The maximum atomic E-state index is 11.9. The number of hydrogen-bond acceptors (Lipinski definition) is 3. The van der Waals surface area contributed by atoms with Crippen LogP contribution in [0.1, 0.15) is 64.7 Å². The summed E-state index contributed by atoms with van der Waals surface area (Å²) < 4.78 is 0. The summed E-state index contributed by atoms with van der Waals surface area (Å²) in [4.78, 5) is 20.9. The molecule has 6 heteroatoms. The average molecular weight is 366 g/mol. The van der Waals surface area contributed by atoms with Gasteiger partial charge < -0.3 is 20.4 Å². The quantitative estimate of drug-likeness (QED) is 0.374. The monoisotopic (exact) mass is 365 g/mol. The molecule has 2 heterocycles. The average Bonchev–Trinajstić information content (AvgIpc) is 2.92. The van der Waals surface area contributed by atoms with Gasteiger partial charge in [0.25, 0.3) is 0 Å². The molecule has 150 valence electrons. The van der Waals surface area contributed by atoms with E-state index in [1.54, 1.807) is 0 Å². The smallest absolute Gasteiger partial charge is 0.222 e. The van der Waals surface area contributed by atoms with Crippen molar-refractivity contribution in [2.75, 3.05) is 46.3 Å². The molecule has 6 nitrogen and oxygen atoms in total. The zero-order valence-electron chi connectivity index (χ0n) is 16.9. The van der Waals surface area contributed by atoms with Gasteiger partial charge in [-0.2, -0.15) is 0 Å². The minimum Gasteiger partial charge on any atom is -0.356 e. The van der Waals surface area contributed by atoms with Crippen LogP contribution in [0.25, 0.3) is 0 Å². The van der Waals surface area contributed by atoms with Gasteiger partial charge in [0, 0.05) is 39.1 Å². The van der Waals surface area contributed by atoms with Crippen LogP contribution in [-0.2, 0) is 4.79 Å². The summed E-state index contributed by atoms with van der Waals surface area (Å²) in [5, 5.41) is 6.83. The molecule has 2 fully saturated rings. The summed E-state index contributed by atoms with van der Waals surface area (Å²) in [6.07, 6.45) is 10.4. The van der Waals surface area contributed by atoms with Crippen LogP contribution in [0, 0.1) is 0 Å². The number of aliphatic imine (C=N–C) groups is 1. The molecule has 0 spiro atoms. The Bertz CT molecular complexity index is 432. The molecule has 1 atom stereocenters. The molecule has 2 saturated heterocycles. The summed E-state index contributed by atoms with van der Waals surface area (Å²) in [6, 6.07) is 0.360. The highest BCUT2D eigenvalue weighted by molar-refractivity contribution is 5.79. The minimum absolute atomic E-state index is 0.327. The van der Waals surface area contributed by atoms with E-state index in [1.807, 2.05) is 7.05 Å². The molecule has 0 aromatic heterocycles. The number of likely N-dealkylation sites (tertiary alicyclic amines) is 2. The lowest BCUT2D eigenvalue weighted by Crippen LogP contribution is -2.42. The Labute approximate surface area is 159 Å². The number of carbonyl (C=O) groups is 1. The molecule has 0 aromatic rings. The highest BCUT2D eigenvalue weighted by atomic mass is 16.2. The summed E-state index contributed by atoms with van der Waals surface area (Å²) >= 11 is 0. The molecular formula is C20H39N5O. The number of guanidine groups is 1. The van der Waals surface area contributed by atoms with E-state index in [9.17, 15) is 4.79 Å². The number of amides is 1. The van der Waals surface area contributed by atoms with Crippen molar-refractivity contribution in [1.82, 2.24) is 20.4 Å². The van der Waals surface area contributed by atoms with Crippen LogP contribution in [0.15, 0.2) is 4.99 Å². The van der Waals surface area contributed by atoms with Crippen LogP contribution >= 0.6 is 0 Å². The van der Waals surface area contributed by atoms with Gasteiger partial charge in [0.1, 0.15) is 0 Å². The van der Waals surface area contributed by atoms with Crippen LogP contribution in [-0.4, -0.2) is 74.0 Å². The third-order valence-electron chi connectivity index (χ3n) is 5.66. The normalized spacial score (nSPS) is 20.9. The fraction of sp³-hybridized carbons (Fsp3) is 0.900. The molecule has 0 aromatic carbocycles. The van der Waals surface area contributed by atoms with Crippen LogP contribution in [0.2, 0.25) is 0 Å².